The molecule has 94 valence electrons. The standard InChI is InChI=1S/C12H24N2O2/c1-6-10-7-13-9(2)8-14(10)11(15)16-12(3,4)5/h9-10,13H,6-8H2,1-5H3/t9-,10+/m0/s1. The van der Waals surface area contributed by atoms with Gasteiger partial charge in [0.1, 0.15) is 5.60 Å². The molecule has 1 aliphatic rings. The molecule has 1 aliphatic heterocycles. The summed E-state index contributed by atoms with van der Waals surface area (Å²) in [5.74, 6) is 0. The van der Waals surface area contributed by atoms with E-state index in [1.165, 1.54) is 0 Å². The Morgan fingerprint density at radius 2 is 2.12 bits per heavy atom. The summed E-state index contributed by atoms with van der Waals surface area (Å²) in [7, 11) is 0. The first kappa shape index (κ1) is 13.3. The molecule has 0 aromatic heterocycles. The van der Waals surface area contributed by atoms with Gasteiger partial charge in [-0.1, -0.05) is 6.92 Å². The number of carbonyl (C=O) groups excluding carboxylic acids is 1. The lowest BCUT2D eigenvalue weighted by molar-refractivity contribution is 0.00780. The summed E-state index contributed by atoms with van der Waals surface area (Å²) < 4.78 is 5.42. The SMILES string of the molecule is CC[C@@H]1CN[C@@H](C)CN1C(=O)OC(C)(C)C. The van der Waals surface area contributed by atoms with Gasteiger partial charge in [-0.05, 0) is 34.1 Å². The molecule has 0 aromatic rings. The summed E-state index contributed by atoms with van der Waals surface area (Å²) in [4.78, 5) is 13.9. The van der Waals surface area contributed by atoms with Crippen LogP contribution in [0.25, 0.3) is 0 Å². The van der Waals surface area contributed by atoms with Gasteiger partial charge in [-0.2, -0.15) is 0 Å². The Hall–Kier alpha value is -0.770. The molecule has 0 aromatic carbocycles. The van der Waals surface area contributed by atoms with Crippen molar-refractivity contribution in [2.45, 2.75) is 58.7 Å². The summed E-state index contributed by atoms with van der Waals surface area (Å²) in [5, 5.41) is 3.38. The Morgan fingerprint density at radius 3 is 2.62 bits per heavy atom. The Labute approximate surface area is 98.3 Å². The number of hydrogen-bond donors (Lipinski definition) is 1. The van der Waals surface area contributed by atoms with Gasteiger partial charge in [-0.15, -0.1) is 0 Å². The van der Waals surface area contributed by atoms with E-state index in [2.05, 4.69) is 19.2 Å². The fraction of sp³-hybridized carbons (Fsp3) is 0.917. The summed E-state index contributed by atoms with van der Waals surface area (Å²) >= 11 is 0. The van der Waals surface area contributed by atoms with Crippen LogP contribution in [0.3, 0.4) is 0 Å². The third-order valence-electron chi connectivity index (χ3n) is 2.71. The van der Waals surface area contributed by atoms with Crippen LogP contribution in [-0.2, 0) is 4.74 Å². The van der Waals surface area contributed by atoms with E-state index in [1.54, 1.807) is 0 Å². The van der Waals surface area contributed by atoms with Crippen molar-refractivity contribution in [3.05, 3.63) is 0 Å². The zero-order valence-electron chi connectivity index (χ0n) is 11.0. The van der Waals surface area contributed by atoms with E-state index in [0.29, 0.717) is 6.04 Å². The van der Waals surface area contributed by atoms with E-state index in [0.717, 1.165) is 19.5 Å². The van der Waals surface area contributed by atoms with Crippen LogP contribution in [-0.4, -0.2) is 41.8 Å². The number of rotatable bonds is 1. The first-order valence-electron chi connectivity index (χ1n) is 6.06. The van der Waals surface area contributed by atoms with E-state index in [-0.39, 0.29) is 12.1 Å². The van der Waals surface area contributed by atoms with Gasteiger partial charge in [0.25, 0.3) is 0 Å². The fourth-order valence-electron chi connectivity index (χ4n) is 1.86. The van der Waals surface area contributed by atoms with Crippen LogP contribution in [0.2, 0.25) is 0 Å². The molecule has 1 fully saturated rings. The van der Waals surface area contributed by atoms with Crippen LogP contribution in [0.1, 0.15) is 41.0 Å². The van der Waals surface area contributed by atoms with Gasteiger partial charge in [0.2, 0.25) is 0 Å². The highest BCUT2D eigenvalue weighted by atomic mass is 16.6. The number of piperazine rings is 1. The van der Waals surface area contributed by atoms with Crippen molar-refractivity contribution in [1.82, 2.24) is 10.2 Å². The number of hydrogen-bond acceptors (Lipinski definition) is 3. The van der Waals surface area contributed by atoms with Crippen molar-refractivity contribution < 1.29 is 9.53 Å². The lowest BCUT2D eigenvalue weighted by Gasteiger charge is -2.39. The van der Waals surface area contributed by atoms with Crippen LogP contribution in [0.15, 0.2) is 0 Å². The van der Waals surface area contributed by atoms with E-state index in [4.69, 9.17) is 4.74 Å². The number of amides is 1. The zero-order valence-corrected chi connectivity index (χ0v) is 11.0. The minimum atomic E-state index is -0.413. The third-order valence-corrected chi connectivity index (χ3v) is 2.71. The fourth-order valence-corrected chi connectivity index (χ4v) is 1.86. The second-order valence-electron chi connectivity index (χ2n) is 5.50. The minimum absolute atomic E-state index is 0.187. The van der Waals surface area contributed by atoms with Crippen molar-refractivity contribution in [3.8, 4) is 0 Å². The highest BCUT2D eigenvalue weighted by Gasteiger charge is 2.31. The monoisotopic (exact) mass is 228 g/mol. The number of carbonyl (C=O) groups is 1. The molecule has 1 rings (SSSR count). The second kappa shape index (κ2) is 5.04. The van der Waals surface area contributed by atoms with Gasteiger partial charge < -0.3 is 15.0 Å². The van der Waals surface area contributed by atoms with Crippen molar-refractivity contribution in [3.63, 3.8) is 0 Å². The molecule has 0 radical (unpaired) electrons. The van der Waals surface area contributed by atoms with Crippen molar-refractivity contribution >= 4 is 6.09 Å². The van der Waals surface area contributed by atoms with Gasteiger partial charge >= 0.3 is 6.09 Å². The molecular weight excluding hydrogens is 204 g/mol. The van der Waals surface area contributed by atoms with Crippen molar-refractivity contribution in [1.29, 1.82) is 0 Å². The van der Waals surface area contributed by atoms with Crippen molar-refractivity contribution in [2.24, 2.45) is 0 Å². The molecule has 4 heteroatoms. The molecule has 0 aliphatic carbocycles. The maximum atomic E-state index is 12.0. The molecule has 1 heterocycles. The first-order valence-corrected chi connectivity index (χ1v) is 6.06. The molecule has 1 amide bonds. The molecule has 4 nitrogen and oxygen atoms in total. The molecule has 1 N–H and O–H groups in total. The molecule has 16 heavy (non-hydrogen) atoms. The Kier molecular flexibility index (Phi) is 4.19. The largest absolute Gasteiger partial charge is 0.444 e. The third kappa shape index (κ3) is 3.67. The van der Waals surface area contributed by atoms with Gasteiger partial charge in [0.05, 0.1) is 0 Å². The molecular formula is C12H24N2O2. The lowest BCUT2D eigenvalue weighted by atomic mass is 10.1. The summed E-state index contributed by atoms with van der Waals surface area (Å²) in [6.45, 7) is 11.5. The predicted octanol–water partition coefficient (Wildman–Crippen LogP) is 1.99. The van der Waals surface area contributed by atoms with Crippen LogP contribution in [0, 0.1) is 0 Å². The maximum Gasteiger partial charge on any atom is 0.410 e. The topological polar surface area (TPSA) is 41.6 Å². The summed E-state index contributed by atoms with van der Waals surface area (Å²) in [6, 6.07) is 0.598. The van der Waals surface area contributed by atoms with Crippen LogP contribution in [0.5, 0.6) is 0 Å². The van der Waals surface area contributed by atoms with Gasteiger partial charge in [-0.25, -0.2) is 4.79 Å². The van der Waals surface area contributed by atoms with Crippen LogP contribution >= 0.6 is 0 Å². The highest BCUT2D eigenvalue weighted by Crippen LogP contribution is 2.16. The predicted molar refractivity (Wildman–Crippen MR) is 64.5 cm³/mol. The number of nitrogens with one attached hydrogen (secondary N) is 1. The Balaban J connectivity index is 2.63. The number of ether oxygens (including phenoxy) is 1. The normalized spacial score (nSPS) is 26.7. The Bertz CT molecular complexity index is 248. The zero-order chi connectivity index (χ0) is 12.3. The second-order valence-corrected chi connectivity index (χ2v) is 5.50. The number of nitrogens with zero attached hydrogens (tertiary/aromatic N) is 1. The molecule has 0 saturated carbocycles. The minimum Gasteiger partial charge on any atom is -0.444 e. The van der Waals surface area contributed by atoms with Gasteiger partial charge in [0.15, 0.2) is 0 Å². The van der Waals surface area contributed by atoms with Crippen molar-refractivity contribution in [2.75, 3.05) is 13.1 Å². The quantitative estimate of drug-likeness (QED) is 0.746. The lowest BCUT2D eigenvalue weighted by Crippen LogP contribution is -2.57. The van der Waals surface area contributed by atoms with Gasteiger partial charge in [-0.3, -0.25) is 0 Å². The van der Waals surface area contributed by atoms with E-state index < -0.39 is 5.60 Å². The average molecular weight is 228 g/mol. The van der Waals surface area contributed by atoms with E-state index >= 15 is 0 Å². The van der Waals surface area contributed by atoms with E-state index in [9.17, 15) is 4.79 Å². The molecule has 0 bridgehead atoms. The molecule has 1 saturated heterocycles. The average Bonchev–Trinajstić information content (AvgIpc) is 2.15. The molecule has 0 spiro atoms. The van der Waals surface area contributed by atoms with Crippen LogP contribution in [0.4, 0.5) is 4.79 Å². The molecule has 2 atom stereocenters. The highest BCUT2D eigenvalue weighted by molar-refractivity contribution is 5.68. The summed E-state index contributed by atoms with van der Waals surface area (Å²) in [5.41, 5.74) is -0.413. The van der Waals surface area contributed by atoms with Gasteiger partial charge in [0, 0.05) is 25.2 Å². The Morgan fingerprint density at radius 1 is 1.50 bits per heavy atom. The first-order chi connectivity index (χ1) is 7.33. The van der Waals surface area contributed by atoms with E-state index in [1.807, 2.05) is 25.7 Å². The maximum absolute atomic E-state index is 12.0. The molecule has 0 unspecified atom stereocenters. The van der Waals surface area contributed by atoms with Crippen LogP contribution < -0.4 is 5.32 Å². The summed E-state index contributed by atoms with van der Waals surface area (Å²) in [6.07, 6.45) is 0.770. The smallest absolute Gasteiger partial charge is 0.410 e.